The summed E-state index contributed by atoms with van der Waals surface area (Å²) in [5, 5.41) is 0.766. The van der Waals surface area contributed by atoms with Crippen LogP contribution in [0, 0.1) is 12.8 Å². The van der Waals surface area contributed by atoms with Gasteiger partial charge in [-0.3, -0.25) is 4.79 Å². The molecule has 24 heavy (non-hydrogen) atoms. The molecule has 1 fully saturated rings. The number of nitrogens with zero attached hydrogens (tertiary/aromatic N) is 1. The maximum Gasteiger partial charge on any atom is 0.309 e. The summed E-state index contributed by atoms with van der Waals surface area (Å²) in [5.74, 6) is 0.918. The molecule has 4 nitrogen and oxygen atoms in total. The van der Waals surface area contributed by atoms with E-state index in [1.165, 1.54) is 0 Å². The molecule has 0 spiro atoms. The lowest BCUT2D eigenvalue weighted by atomic mass is 9.97. The first-order valence-electron chi connectivity index (χ1n) is 8.38. The van der Waals surface area contributed by atoms with Crippen molar-refractivity contribution in [2.45, 2.75) is 33.1 Å². The Labute approximate surface area is 155 Å². The van der Waals surface area contributed by atoms with Crippen LogP contribution in [0.25, 0.3) is 0 Å². The van der Waals surface area contributed by atoms with Gasteiger partial charge in [0.05, 0.1) is 19.1 Å². The molecule has 136 valence electrons. The monoisotopic (exact) mass is 375 g/mol. The quantitative estimate of drug-likeness (QED) is 0.530. The molecule has 1 aliphatic rings. The van der Waals surface area contributed by atoms with Gasteiger partial charge in [0, 0.05) is 11.6 Å². The van der Waals surface area contributed by atoms with Gasteiger partial charge in [-0.2, -0.15) is 0 Å². The second kappa shape index (κ2) is 10.8. The van der Waals surface area contributed by atoms with Gasteiger partial charge in [-0.05, 0) is 70.0 Å². The summed E-state index contributed by atoms with van der Waals surface area (Å²) in [6.07, 6.45) is 2.78. The van der Waals surface area contributed by atoms with Crippen LogP contribution in [0.1, 0.15) is 31.7 Å². The van der Waals surface area contributed by atoms with Crippen molar-refractivity contribution in [1.29, 1.82) is 0 Å². The van der Waals surface area contributed by atoms with Crippen molar-refractivity contribution in [3.05, 3.63) is 28.8 Å². The second-order valence-corrected chi connectivity index (χ2v) is 6.39. The van der Waals surface area contributed by atoms with Gasteiger partial charge in [0.15, 0.2) is 0 Å². The molecule has 0 aromatic heterocycles. The van der Waals surface area contributed by atoms with Crippen LogP contribution in [0.15, 0.2) is 18.2 Å². The highest BCUT2D eigenvalue weighted by Gasteiger charge is 2.25. The van der Waals surface area contributed by atoms with Crippen LogP contribution in [0.2, 0.25) is 5.02 Å². The zero-order valence-electron chi connectivity index (χ0n) is 14.4. The molecule has 0 saturated carbocycles. The van der Waals surface area contributed by atoms with E-state index in [0.29, 0.717) is 13.2 Å². The largest absolute Gasteiger partial charge is 0.494 e. The van der Waals surface area contributed by atoms with Crippen LogP contribution in [0.3, 0.4) is 0 Å². The van der Waals surface area contributed by atoms with E-state index in [2.05, 4.69) is 4.90 Å². The average Bonchev–Trinajstić information content (AvgIpc) is 2.55. The molecule has 0 amide bonds. The van der Waals surface area contributed by atoms with Crippen LogP contribution >= 0.6 is 24.0 Å². The van der Waals surface area contributed by atoms with Gasteiger partial charge in [0.25, 0.3) is 0 Å². The van der Waals surface area contributed by atoms with E-state index in [-0.39, 0.29) is 24.3 Å². The lowest BCUT2D eigenvalue weighted by Crippen LogP contribution is -2.37. The Morgan fingerprint density at radius 2 is 2.04 bits per heavy atom. The third-order valence-corrected chi connectivity index (χ3v) is 4.65. The number of hydrogen-bond acceptors (Lipinski definition) is 4. The second-order valence-electron chi connectivity index (χ2n) is 5.98. The van der Waals surface area contributed by atoms with Crippen molar-refractivity contribution in [2.75, 3.05) is 32.8 Å². The van der Waals surface area contributed by atoms with E-state index in [0.717, 1.165) is 55.2 Å². The molecule has 6 heteroatoms. The number of carbonyl (C=O) groups is 1. The third-order valence-electron chi connectivity index (χ3n) is 4.22. The number of hydrogen-bond donors (Lipinski definition) is 0. The van der Waals surface area contributed by atoms with E-state index in [4.69, 9.17) is 21.1 Å². The van der Waals surface area contributed by atoms with Crippen LogP contribution in [0.4, 0.5) is 0 Å². The minimum absolute atomic E-state index is 0. The SMILES string of the molecule is CCOC(=O)C1CCN(CCCOc2ccc(Cl)c(C)c2)CC1.Cl. The van der Waals surface area contributed by atoms with Crippen molar-refractivity contribution in [3.8, 4) is 5.75 Å². The molecule has 1 heterocycles. The first-order valence-corrected chi connectivity index (χ1v) is 8.76. The minimum atomic E-state index is -0.0337. The Kier molecular flexibility index (Phi) is 9.49. The zero-order chi connectivity index (χ0) is 16.7. The lowest BCUT2D eigenvalue weighted by molar-refractivity contribution is -0.149. The van der Waals surface area contributed by atoms with Gasteiger partial charge in [-0.15, -0.1) is 12.4 Å². The van der Waals surface area contributed by atoms with Crippen LogP contribution in [-0.4, -0.2) is 43.7 Å². The molecule has 0 aliphatic carbocycles. The van der Waals surface area contributed by atoms with Crippen molar-refractivity contribution in [2.24, 2.45) is 5.92 Å². The predicted octanol–water partition coefficient (Wildman–Crippen LogP) is 4.11. The Balaban J connectivity index is 0.00000288. The molecule has 0 atom stereocenters. The number of esters is 1. The molecule has 2 rings (SSSR count). The molecule has 0 bridgehead atoms. The van der Waals surface area contributed by atoms with E-state index < -0.39 is 0 Å². The molecule has 0 radical (unpaired) electrons. The topological polar surface area (TPSA) is 38.8 Å². The molecule has 1 aromatic rings. The van der Waals surface area contributed by atoms with Gasteiger partial charge in [0.2, 0.25) is 0 Å². The van der Waals surface area contributed by atoms with E-state index in [9.17, 15) is 4.79 Å². The van der Waals surface area contributed by atoms with E-state index in [1.54, 1.807) is 0 Å². The molecule has 1 saturated heterocycles. The van der Waals surface area contributed by atoms with Crippen LogP contribution in [0.5, 0.6) is 5.75 Å². The summed E-state index contributed by atoms with van der Waals surface area (Å²) in [6, 6.07) is 5.74. The van der Waals surface area contributed by atoms with Gasteiger partial charge >= 0.3 is 5.97 Å². The summed E-state index contributed by atoms with van der Waals surface area (Å²) in [5.41, 5.74) is 1.03. The highest BCUT2D eigenvalue weighted by molar-refractivity contribution is 6.31. The van der Waals surface area contributed by atoms with Crippen LogP contribution < -0.4 is 4.74 Å². The van der Waals surface area contributed by atoms with Gasteiger partial charge < -0.3 is 14.4 Å². The number of likely N-dealkylation sites (tertiary alicyclic amines) is 1. The number of ether oxygens (including phenoxy) is 2. The molecule has 0 N–H and O–H groups in total. The first-order chi connectivity index (χ1) is 11.1. The van der Waals surface area contributed by atoms with Crippen molar-refractivity contribution >= 4 is 30.0 Å². The van der Waals surface area contributed by atoms with E-state index in [1.807, 2.05) is 32.0 Å². The fraction of sp³-hybridized carbons (Fsp3) is 0.611. The number of aryl methyl sites for hydroxylation is 1. The number of rotatable bonds is 7. The van der Waals surface area contributed by atoms with Crippen molar-refractivity contribution < 1.29 is 14.3 Å². The normalized spacial score (nSPS) is 15.6. The summed E-state index contributed by atoms with van der Waals surface area (Å²) >= 11 is 6.00. The summed E-state index contributed by atoms with van der Waals surface area (Å²) < 4.78 is 10.9. The first kappa shape index (κ1) is 21.1. The predicted molar refractivity (Wildman–Crippen MR) is 99.3 cm³/mol. The number of piperidine rings is 1. The van der Waals surface area contributed by atoms with E-state index >= 15 is 0 Å². The Hall–Kier alpha value is -0.970. The standard InChI is InChI=1S/C18H26ClNO3.ClH/c1-3-22-18(21)15-7-10-20(11-8-15)9-4-12-23-16-5-6-17(19)14(2)13-16;/h5-6,13,15H,3-4,7-12H2,1-2H3;1H. The molecular formula is C18H27Cl2NO3. The molecule has 1 aromatic carbocycles. The maximum atomic E-state index is 11.7. The molecule has 0 unspecified atom stereocenters. The highest BCUT2D eigenvalue weighted by Crippen LogP contribution is 2.21. The Morgan fingerprint density at radius 3 is 2.67 bits per heavy atom. The number of carbonyl (C=O) groups excluding carboxylic acids is 1. The fourth-order valence-corrected chi connectivity index (χ4v) is 2.96. The van der Waals surface area contributed by atoms with Crippen LogP contribution in [-0.2, 0) is 9.53 Å². The van der Waals surface area contributed by atoms with Crippen molar-refractivity contribution in [3.63, 3.8) is 0 Å². The number of benzene rings is 1. The summed E-state index contributed by atoms with van der Waals surface area (Å²) in [4.78, 5) is 14.1. The Morgan fingerprint density at radius 1 is 1.33 bits per heavy atom. The third kappa shape index (κ3) is 6.50. The van der Waals surface area contributed by atoms with Crippen molar-refractivity contribution in [1.82, 2.24) is 4.90 Å². The highest BCUT2D eigenvalue weighted by atomic mass is 35.5. The molecule has 1 aliphatic heterocycles. The Bertz CT molecular complexity index is 517. The van der Waals surface area contributed by atoms with Gasteiger partial charge in [-0.1, -0.05) is 11.6 Å². The maximum absolute atomic E-state index is 11.7. The summed E-state index contributed by atoms with van der Waals surface area (Å²) in [7, 11) is 0. The summed E-state index contributed by atoms with van der Waals surface area (Å²) in [6.45, 7) is 7.92. The smallest absolute Gasteiger partial charge is 0.309 e. The zero-order valence-corrected chi connectivity index (χ0v) is 16.0. The number of halogens is 2. The fourth-order valence-electron chi connectivity index (χ4n) is 2.84. The lowest BCUT2D eigenvalue weighted by Gasteiger charge is -2.30. The van der Waals surface area contributed by atoms with Gasteiger partial charge in [0.1, 0.15) is 5.75 Å². The molecular weight excluding hydrogens is 349 g/mol. The van der Waals surface area contributed by atoms with Gasteiger partial charge in [-0.25, -0.2) is 0 Å². The average molecular weight is 376 g/mol. The minimum Gasteiger partial charge on any atom is -0.494 e.